The van der Waals surface area contributed by atoms with E-state index < -0.39 is 6.10 Å². The van der Waals surface area contributed by atoms with Crippen LogP contribution in [0, 0.1) is 0 Å². The fourth-order valence-corrected chi connectivity index (χ4v) is 1.58. The molecular formula is C10H13ClN2O2S. The van der Waals surface area contributed by atoms with Crippen molar-refractivity contribution in [1.29, 1.82) is 0 Å². The summed E-state index contributed by atoms with van der Waals surface area (Å²) in [6, 6.07) is 0. The maximum Gasteiger partial charge on any atom is 0.252 e. The summed E-state index contributed by atoms with van der Waals surface area (Å²) in [5.74, 6) is -0.330. The van der Waals surface area contributed by atoms with E-state index in [1.165, 1.54) is 6.08 Å². The van der Waals surface area contributed by atoms with E-state index in [4.69, 9.17) is 29.6 Å². The van der Waals surface area contributed by atoms with Gasteiger partial charge in [-0.1, -0.05) is 29.9 Å². The molecule has 1 aliphatic carbocycles. The molecule has 0 spiro atoms. The Kier molecular flexibility index (Phi) is 5.08. The molecule has 1 rings (SSSR count). The average Bonchev–Trinajstić information content (AvgIpc) is 2.28. The summed E-state index contributed by atoms with van der Waals surface area (Å²) in [6.07, 6.45) is 3.02. The zero-order chi connectivity index (χ0) is 12.1. The quantitative estimate of drug-likeness (QED) is 0.634. The van der Waals surface area contributed by atoms with E-state index in [1.807, 2.05) is 0 Å². The Morgan fingerprint density at radius 1 is 1.75 bits per heavy atom. The van der Waals surface area contributed by atoms with Crippen molar-refractivity contribution in [2.45, 2.75) is 12.5 Å². The molecule has 4 nitrogen and oxygen atoms in total. The number of hydrogen-bond acceptors (Lipinski definition) is 4. The number of carbonyl (C=O) groups is 1. The monoisotopic (exact) mass is 260 g/mol. The van der Waals surface area contributed by atoms with Gasteiger partial charge in [0.15, 0.2) is 0 Å². The molecule has 1 unspecified atom stereocenters. The minimum absolute atomic E-state index is 0.102. The topological polar surface area (TPSA) is 75.3 Å². The van der Waals surface area contributed by atoms with Crippen LogP contribution >= 0.6 is 23.8 Å². The minimum Gasteiger partial charge on any atom is -0.390 e. The Hall–Kier alpha value is -0.750. The van der Waals surface area contributed by atoms with Gasteiger partial charge in [0.1, 0.15) is 0 Å². The molecule has 0 bridgehead atoms. The Morgan fingerprint density at radius 2 is 2.44 bits per heavy atom. The second kappa shape index (κ2) is 6.10. The first kappa shape index (κ1) is 13.3. The molecule has 0 saturated heterocycles. The minimum atomic E-state index is -0.743. The van der Waals surface area contributed by atoms with Crippen molar-refractivity contribution in [3.63, 3.8) is 0 Å². The lowest BCUT2D eigenvalue weighted by atomic mass is 10.0. The van der Waals surface area contributed by atoms with Crippen LogP contribution in [0.4, 0.5) is 0 Å². The SMILES string of the molecule is NCC(O)CNC(=O)C1=CC(Cl)=CCC1=S. The number of aliphatic hydroxyl groups excluding tert-OH is 1. The highest BCUT2D eigenvalue weighted by Crippen LogP contribution is 2.18. The van der Waals surface area contributed by atoms with Gasteiger partial charge in [-0.05, 0) is 6.08 Å². The molecule has 1 atom stereocenters. The van der Waals surface area contributed by atoms with Gasteiger partial charge < -0.3 is 16.2 Å². The van der Waals surface area contributed by atoms with Crippen molar-refractivity contribution in [1.82, 2.24) is 5.32 Å². The van der Waals surface area contributed by atoms with E-state index in [9.17, 15) is 9.90 Å². The predicted octanol–water partition coefficient (Wildman–Crippen LogP) is 0.245. The number of hydrogen-bond donors (Lipinski definition) is 3. The fourth-order valence-electron chi connectivity index (χ4n) is 1.16. The molecule has 16 heavy (non-hydrogen) atoms. The molecule has 0 saturated carbocycles. The number of thiocarbonyl (C=S) groups is 1. The standard InChI is InChI=1S/C10H13ClN2O2S/c11-6-1-2-9(16)8(3-6)10(15)13-5-7(14)4-12/h1,3,7,14H,2,4-5,12H2,(H,13,15). The van der Waals surface area contributed by atoms with E-state index in [0.29, 0.717) is 21.9 Å². The van der Waals surface area contributed by atoms with Gasteiger partial charge in [-0.15, -0.1) is 0 Å². The van der Waals surface area contributed by atoms with E-state index in [-0.39, 0.29) is 19.0 Å². The molecule has 1 aliphatic rings. The maximum atomic E-state index is 11.7. The van der Waals surface area contributed by atoms with Crippen LogP contribution in [-0.2, 0) is 4.79 Å². The number of amides is 1. The number of halogens is 1. The molecule has 6 heteroatoms. The summed E-state index contributed by atoms with van der Waals surface area (Å²) in [7, 11) is 0. The van der Waals surface area contributed by atoms with Crippen LogP contribution in [-0.4, -0.2) is 35.1 Å². The van der Waals surface area contributed by atoms with Gasteiger partial charge in [0.2, 0.25) is 0 Å². The zero-order valence-corrected chi connectivity index (χ0v) is 10.1. The molecule has 0 aromatic carbocycles. The summed E-state index contributed by atoms with van der Waals surface area (Å²) < 4.78 is 0. The number of nitrogens with one attached hydrogen (secondary N) is 1. The molecule has 4 N–H and O–H groups in total. The van der Waals surface area contributed by atoms with Gasteiger partial charge in [-0.25, -0.2) is 0 Å². The first-order chi connectivity index (χ1) is 7.54. The average molecular weight is 261 g/mol. The first-order valence-electron chi connectivity index (χ1n) is 4.81. The van der Waals surface area contributed by atoms with E-state index >= 15 is 0 Å². The van der Waals surface area contributed by atoms with Gasteiger partial charge in [0.05, 0.1) is 11.7 Å². The fraction of sp³-hybridized carbons (Fsp3) is 0.400. The van der Waals surface area contributed by atoms with Gasteiger partial charge in [0.25, 0.3) is 5.91 Å². The Balaban J connectivity index is 2.60. The van der Waals surface area contributed by atoms with Crippen molar-refractivity contribution in [3.8, 4) is 0 Å². The summed E-state index contributed by atoms with van der Waals surface area (Å²) >= 11 is 10.8. The highest BCUT2D eigenvalue weighted by atomic mass is 35.5. The Morgan fingerprint density at radius 3 is 3.06 bits per heavy atom. The molecule has 1 amide bonds. The van der Waals surface area contributed by atoms with Crippen LogP contribution in [0.3, 0.4) is 0 Å². The molecule has 0 radical (unpaired) electrons. The third-order valence-corrected chi connectivity index (χ3v) is 2.73. The number of rotatable bonds is 4. The Bertz CT molecular complexity index is 366. The second-order valence-electron chi connectivity index (χ2n) is 3.37. The summed E-state index contributed by atoms with van der Waals surface area (Å²) in [6.45, 7) is 0.209. The maximum absolute atomic E-state index is 11.7. The molecular weight excluding hydrogens is 248 g/mol. The van der Waals surface area contributed by atoms with Crippen molar-refractivity contribution < 1.29 is 9.90 Å². The molecule has 0 aromatic heterocycles. The predicted molar refractivity (Wildman–Crippen MR) is 67.3 cm³/mol. The number of allylic oxidation sites excluding steroid dienone is 3. The largest absolute Gasteiger partial charge is 0.390 e. The molecule has 0 fully saturated rings. The van der Waals surface area contributed by atoms with Crippen molar-refractivity contribution in [3.05, 3.63) is 22.8 Å². The zero-order valence-electron chi connectivity index (χ0n) is 8.57. The van der Waals surface area contributed by atoms with Crippen LogP contribution < -0.4 is 11.1 Å². The van der Waals surface area contributed by atoms with E-state index in [2.05, 4.69) is 5.32 Å². The summed E-state index contributed by atoms with van der Waals surface area (Å²) in [5, 5.41) is 12.2. The Labute approximate surface area is 104 Å². The first-order valence-corrected chi connectivity index (χ1v) is 5.60. The number of aliphatic hydroxyl groups is 1. The second-order valence-corrected chi connectivity index (χ2v) is 4.30. The summed E-state index contributed by atoms with van der Waals surface area (Å²) in [4.78, 5) is 12.2. The normalized spacial score (nSPS) is 17.6. The van der Waals surface area contributed by atoms with Crippen LogP contribution in [0.2, 0.25) is 0 Å². The van der Waals surface area contributed by atoms with Crippen molar-refractivity contribution in [2.75, 3.05) is 13.1 Å². The van der Waals surface area contributed by atoms with E-state index in [0.717, 1.165) is 0 Å². The van der Waals surface area contributed by atoms with Gasteiger partial charge in [-0.2, -0.15) is 0 Å². The molecule has 88 valence electrons. The molecule has 0 aliphatic heterocycles. The third kappa shape index (κ3) is 3.68. The summed E-state index contributed by atoms with van der Waals surface area (Å²) in [5.41, 5.74) is 5.60. The van der Waals surface area contributed by atoms with Crippen LogP contribution in [0.15, 0.2) is 22.8 Å². The molecule has 0 heterocycles. The van der Waals surface area contributed by atoms with Gasteiger partial charge in [0, 0.05) is 29.4 Å². The van der Waals surface area contributed by atoms with Crippen LogP contribution in [0.5, 0.6) is 0 Å². The van der Waals surface area contributed by atoms with Gasteiger partial charge >= 0.3 is 0 Å². The van der Waals surface area contributed by atoms with Crippen LogP contribution in [0.25, 0.3) is 0 Å². The smallest absolute Gasteiger partial charge is 0.252 e. The highest BCUT2D eigenvalue weighted by molar-refractivity contribution is 7.81. The lowest BCUT2D eigenvalue weighted by Gasteiger charge is -2.14. The molecule has 0 aromatic rings. The number of nitrogens with two attached hydrogens (primary N) is 1. The lowest BCUT2D eigenvalue weighted by molar-refractivity contribution is -0.117. The van der Waals surface area contributed by atoms with Gasteiger partial charge in [-0.3, -0.25) is 4.79 Å². The highest BCUT2D eigenvalue weighted by Gasteiger charge is 2.17. The van der Waals surface area contributed by atoms with Crippen LogP contribution in [0.1, 0.15) is 6.42 Å². The van der Waals surface area contributed by atoms with E-state index in [1.54, 1.807) is 6.08 Å². The third-order valence-electron chi connectivity index (χ3n) is 2.08. The van der Waals surface area contributed by atoms with Crippen molar-refractivity contribution >= 4 is 34.6 Å². The van der Waals surface area contributed by atoms with Crippen molar-refractivity contribution in [2.24, 2.45) is 5.73 Å². The number of carbonyl (C=O) groups excluding carboxylic acids is 1. The lowest BCUT2D eigenvalue weighted by Crippen LogP contribution is -2.38.